The number of nitrogens with one attached hydrogen (secondary N) is 2. The number of sulfonamides is 1. The van der Waals surface area contributed by atoms with E-state index in [2.05, 4.69) is 10.0 Å². The minimum absolute atomic E-state index is 0.0697. The molecule has 140 valence electrons. The van der Waals surface area contributed by atoms with Crippen LogP contribution in [0.1, 0.15) is 23.4 Å². The van der Waals surface area contributed by atoms with Gasteiger partial charge in [0, 0.05) is 17.5 Å². The molecular weight excluding hydrogens is 387 g/mol. The van der Waals surface area contributed by atoms with Crippen molar-refractivity contribution in [1.29, 1.82) is 0 Å². The average Bonchev–Trinajstić information content (AvgIpc) is 3.15. The Hall–Kier alpha value is -2.55. The van der Waals surface area contributed by atoms with E-state index in [1.165, 1.54) is 54.7 Å². The maximum absolute atomic E-state index is 13.3. The second kappa shape index (κ2) is 7.99. The Labute approximate surface area is 160 Å². The number of hydrogen-bond donors (Lipinski definition) is 2. The fraction of sp³-hybridized carbons (Fsp3) is 0.105. The van der Waals surface area contributed by atoms with E-state index in [1.54, 1.807) is 12.1 Å². The van der Waals surface area contributed by atoms with Gasteiger partial charge in [-0.15, -0.1) is 11.3 Å². The highest BCUT2D eigenvalue weighted by Crippen LogP contribution is 2.28. The Kier molecular flexibility index (Phi) is 5.69. The summed E-state index contributed by atoms with van der Waals surface area (Å²) in [4.78, 5) is 11.9. The largest absolute Gasteiger partial charge is 0.326 e. The summed E-state index contributed by atoms with van der Waals surface area (Å²) in [6.07, 6.45) is 0. The Morgan fingerprint density at radius 1 is 1.04 bits per heavy atom. The number of rotatable bonds is 6. The molecule has 2 N–H and O–H groups in total. The Morgan fingerprint density at radius 2 is 1.70 bits per heavy atom. The van der Waals surface area contributed by atoms with Gasteiger partial charge in [0.05, 0.1) is 10.9 Å². The normalized spacial score (nSPS) is 12.5. The fourth-order valence-corrected chi connectivity index (χ4v) is 4.63. The molecule has 0 fully saturated rings. The molecule has 0 aliphatic heterocycles. The molecule has 0 bridgehead atoms. The van der Waals surface area contributed by atoms with E-state index < -0.39 is 16.1 Å². The molecule has 1 atom stereocenters. The van der Waals surface area contributed by atoms with Crippen LogP contribution in [-0.2, 0) is 14.8 Å². The number of benzene rings is 2. The molecule has 8 heteroatoms. The highest BCUT2D eigenvalue weighted by molar-refractivity contribution is 7.89. The van der Waals surface area contributed by atoms with Gasteiger partial charge in [0.1, 0.15) is 5.82 Å². The van der Waals surface area contributed by atoms with Crippen molar-refractivity contribution >= 4 is 33.0 Å². The smallest absolute Gasteiger partial charge is 0.241 e. The summed E-state index contributed by atoms with van der Waals surface area (Å²) in [5.41, 5.74) is 1.15. The number of halogens is 1. The molecule has 0 spiro atoms. The van der Waals surface area contributed by atoms with E-state index in [0.29, 0.717) is 11.3 Å². The Balaban J connectivity index is 1.90. The van der Waals surface area contributed by atoms with Crippen molar-refractivity contribution in [3.05, 3.63) is 82.3 Å². The summed E-state index contributed by atoms with van der Waals surface area (Å²) in [5.74, 6) is -0.627. The first-order valence-corrected chi connectivity index (χ1v) is 10.4. The van der Waals surface area contributed by atoms with Gasteiger partial charge in [-0.05, 0) is 53.4 Å². The Bertz CT molecular complexity index is 1020. The molecule has 3 aromatic rings. The van der Waals surface area contributed by atoms with Gasteiger partial charge in [-0.3, -0.25) is 4.79 Å². The lowest BCUT2D eigenvalue weighted by Gasteiger charge is -2.18. The van der Waals surface area contributed by atoms with Crippen LogP contribution in [0.5, 0.6) is 0 Å². The second-order valence-electron chi connectivity index (χ2n) is 5.83. The van der Waals surface area contributed by atoms with E-state index >= 15 is 0 Å². The van der Waals surface area contributed by atoms with E-state index in [0.717, 1.165) is 4.88 Å². The van der Waals surface area contributed by atoms with Gasteiger partial charge in [-0.25, -0.2) is 12.8 Å². The summed E-state index contributed by atoms with van der Waals surface area (Å²) in [5, 5.41) is 4.44. The number of amides is 1. The summed E-state index contributed by atoms with van der Waals surface area (Å²) in [6, 6.07) is 14.6. The number of carbonyl (C=O) groups excluding carboxylic acids is 1. The van der Waals surface area contributed by atoms with Crippen molar-refractivity contribution < 1.29 is 17.6 Å². The first-order valence-electron chi connectivity index (χ1n) is 8.04. The molecule has 0 aliphatic rings. The molecule has 1 aromatic heterocycles. The van der Waals surface area contributed by atoms with Crippen LogP contribution >= 0.6 is 11.3 Å². The van der Waals surface area contributed by atoms with Gasteiger partial charge in [-0.1, -0.05) is 18.2 Å². The third-order valence-electron chi connectivity index (χ3n) is 3.79. The third kappa shape index (κ3) is 4.79. The predicted molar refractivity (Wildman–Crippen MR) is 104 cm³/mol. The molecular formula is C19H17FN2O3S2. The van der Waals surface area contributed by atoms with Crippen LogP contribution < -0.4 is 10.0 Å². The standard InChI is InChI=1S/C19H17FN2O3S2/c1-13(23)21-16-8-10-17(11-9-16)27(24,25)22-19(18-3-2-12-26-18)14-4-6-15(20)7-5-14/h2-12,19,22H,1H3,(H,21,23)/t19-/m1/s1. The van der Waals surface area contributed by atoms with Crippen LogP contribution in [0, 0.1) is 5.82 Å². The van der Waals surface area contributed by atoms with Crippen molar-refractivity contribution in [1.82, 2.24) is 4.72 Å². The van der Waals surface area contributed by atoms with Crippen LogP contribution in [-0.4, -0.2) is 14.3 Å². The molecule has 3 rings (SSSR count). The number of carbonyl (C=O) groups is 1. The Morgan fingerprint density at radius 3 is 2.26 bits per heavy atom. The number of anilines is 1. The summed E-state index contributed by atoms with van der Waals surface area (Å²) >= 11 is 1.41. The lowest BCUT2D eigenvalue weighted by Crippen LogP contribution is -2.29. The lowest BCUT2D eigenvalue weighted by atomic mass is 10.1. The molecule has 0 saturated heterocycles. The van der Waals surface area contributed by atoms with Crippen LogP contribution in [0.15, 0.2) is 70.9 Å². The van der Waals surface area contributed by atoms with Gasteiger partial charge >= 0.3 is 0 Å². The molecule has 5 nitrogen and oxygen atoms in total. The zero-order chi connectivity index (χ0) is 19.4. The summed E-state index contributed by atoms with van der Waals surface area (Å²) in [6.45, 7) is 1.38. The second-order valence-corrected chi connectivity index (χ2v) is 8.52. The summed E-state index contributed by atoms with van der Waals surface area (Å²) in [7, 11) is -3.84. The average molecular weight is 404 g/mol. The molecule has 2 aromatic carbocycles. The van der Waals surface area contributed by atoms with Gasteiger partial charge in [-0.2, -0.15) is 4.72 Å². The fourth-order valence-electron chi connectivity index (χ4n) is 2.55. The molecule has 1 amide bonds. The maximum Gasteiger partial charge on any atom is 0.241 e. The van der Waals surface area contributed by atoms with Crippen molar-refractivity contribution in [2.24, 2.45) is 0 Å². The first-order chi connectivity index (χ1) is 12.8. The quantitative estimate of drug-likeness (QED) is 0.654. The van der Waals surface area contributed by atoms with Gasteiger partial charge in [0.25, 0.3) is 0 Å². The first kappa shape index (κ1) is 19.2. The maximum atomic E-state index is 13.3. The topological polar surface area (TPSA) is 75.3 Å². The highest BCUT2D eigenvalue weighted by atomic mass is 32.2. The van der Waals surface area contributed by atoms with Crippen molar-refractivity contribution in [3.63, 3.8) is 0 Å². The van der Waals surface area contributed by atoms with Gasteiger partial charge < -0.3 is 5.32 Å². The molecule has 0 radical (unpaired) electrons. The van der Waals surface area contributed by atoms with Crippen molar-refractivity contribution in [3.8, 4) is 0 Å². The summed E-state index contributed by atoms with van der Waals surface area (Å²) < 4.78 is 41.6. The van der Waals surface area contributed by atoms with E-state index in [4.69, 9.17) is 0 Å². The predicted octanol–water partition coefficient (Wildman–Crippen LogP) is 3.91. The van der Waals surface area contributed by atoms with E-state index in [1.807, 2.05) is 17.5 Å². The van der Waals surface area contributed by atoms with Crippen LogP contribution in [0.3, 0.4) is 0 Å². The highest BCUT2D eigenvalue weighted by Gasteiger charge is 2.23. The SMILES string of the molecule is CC(=O)Nc1ccc(S(=O)(=O)N[C@H](c2ccc(F)cc2)c2cccs2)cc1. The van der Waals surface area contributed by atoms with E-state index in [-0.39, 0.29) is 16.6 Å². The molecule has 1 heterocycles. The minimum Gasteiger partial charge on any atom is -0.326 e. The van der Waals surface area contributed by atoms with Gasteiger partial charge in [0.2, 0.25) is 15.9 Å². The van der Waals surface area contributed by atoms with E-state index in [9.17, 15) is 17.6 Å². The minimum atomic E-state index is -3.84. The zero-order valence-electron chi connectivity index (χ0n) is 14.3. The van der Waals surface area contributed by atoms with Crippen LogP contribution in [0.25, 0.3) is 0 Å². The van der Waals surface area contributed by atoms with Crippen LogP contribution in [0.4, 0.5) is 10.1 Å². The number of thiophene rings is 1. The molecule has 0 aliphatic carbocycles. The van der Waals surface area contributed by atoms with Crippen molar-refractivity contribution in [2.45, 2.75) is 17.9 Å². The molecule has 0 unspecified atom stereocenters. The monoisotopic (exact) mass is 404 g/mol. The lowest BCUT2D eigenvalue weighted by molar-refractivity contribution is -0.114. The van der Waals surface area contributed by atoms with Crippen molar-refractivity contribution in [2.75, 3.05) is 5.32 Å². The van der Waals surface area contributed by atoms with Crippen LogP contribution in [0.2, 0.25) is 0 Å². The third-order valence-corrected chi connectivity index (χ3v) is 6.16. The zero-order valence-corrected chi connectivity index (χ0v) is 16.0. The molecule has 0 saturated carbocycles. The molecule has 27 heavy (non-hydrogen) atoms. The number of hydrogen-bond acceptors (Lipinski definition) is 4. The van der Waals surface area contributed by atoms with Gasteiger partial charge in [0.15, 0.2) is 0 Å².